The Hall–Kier alpha value is -2.74. The van der Waals surface area contributed by atoms with E-state index in [1.165, 1.54) is 5.57 Å². The summed E-state index contributed by atoms with van der Waals surface area (Å²) in [6.45, 7) is 6.28. The van der Waals surface area contributed by atoms with Gasteiger partial charge in [0.1, 0.15) is 5.75 Å². The number of carbonyl (C=O) groups excluding carboxylic acids is 1. The Morgan fingerprint density at radius 1 is 1.35 bits per heavy atom. The minimum Gasteiger partial charge on any atom is -0.484 e. The first kappa shape index (κ1) is 16.6. The molecule has 1 amide bonds. The highest BCUT2D eigenvalue weighted by atomic mass is 16.5. The van der Waals surface area contributed by atoms with Crippen molar-refractivity contribution in [2.24, 2.45) is 5.41 Å². The van der Waals surface area contributed by atoms with Gasteiger partial charge in [0, 0.05) is 0 Å². The van der Waals surface area contributed by atoms with Gasteiger partial charge in [0.2, 0.25) is 0 Å². The van der Waals surface area contributed by atoms with Crippen molar-refractivity contribution in [3.05, 3.63) is 53.3 Å². The van der Waals surface area contributed by atoms with E-state index in [4.69, 9.17) is 10.00 Å². The molecule has 0 heterocycles. The lowest BCUT2D eigenvalue weighted by Crippen LogP contribution is -2.40. The average Bonchev–Trinajstić information content (AvgIpc) is 2.49. The van der Waals surface area contributed by atoms with Crippen LogP contribution in [0.5, 0.6) is 5.75 Å². The molecule has 2 rings (SSSR count). The van der Waals surface area contributed by atoms with Crippen molar-refractivity contribution in [2.45, 2.75) is 27.2 Å². The average molecular weight is 311 g/mol. The fraction of sp³-hybridized carbons (Fsp3) is 0.333. The quantitative estimate of drug-likeness (QED) is 0.820. The van der Waals surface area contributed by atoms with Gasteiger partial charge in [-0.3, -0.25) is 15.6 Å². The van der Waals surface area contributed by atoms with Gasteiger partial charge in [0.05, 0.1) is 17.3 Å². The first-order valence-electron chi connectivity index (χ1n) is 7.46. The van der Waals surface area contributed by atoms with E-state index in [1.807, 2.05) is 12.1 Å². The number of hydrazine groups is 1. The molecule has 0 atom stereocenters. The van der Waals surface area contributed by atoms with Gasteiger partial charge in [-0.1, -0.05) is 25.5 Å². The van der Waals surface area contributed by atoms with E-state index in [1.54, 1.807) is 24.3 Å². The number of hydrogen-bond donors (Lipinski definition) is 2. The van der Waals surface area contributed by atoms with E-state index in [9.17, 15) is 4.79 Å². The van der Waals surface area contributed by atoms with Crippen LogP contribution in [0, 0.1) is 16.7 Å². The third-order valence-electron chi connectivity index (χ3n) is 3.38. The van der Waals surface area contributed by atoms with E-state index in [2.05, 4.69) is 37.7 Å². The SMILES string of the molecule is CC1=CC(NNC(=O)COc2ccc(C#N)cc2)=CC(C)(C)C1. The fourth-order valence-corrected chi connectivity index (χ4v) is 2.57. The van der Waals surface area contributed by atoms with E-state index in [0.29, 0.717) is 11.3 Å². The van der Waals surface area contributed by atoms with E-state index >= 15 is 0 Å². The topological polar surface area (TPSA) is 74.2 Å². The van der Waals surface area contributed by atoms with Crippen molar-refractivity contribution in [3.8, 4) is 11.8 Å². The van der Waals surface area contributed by atoms with E-state index < -0.39 is 0 Å². The number of nitrogens with one attached hydrogen (secondary N) is 2. The lowest BCUT2D eigenvalue weighted by molar-refractivity contribution is -0.123. The molecule has 0 spiro atoms. The third-order valence-corrected chi connectivity index (χ3v) is 3.38. The summed E-state index contributed by atoms with van der Waals surface area (Å²) < 4.78 is 5.37. The Labute approximate surface area is 136 Å². The molecule has 0 fully saturated rings. The van der Waals surface area contributed by atoms with Gasteiger partial charge in [-0.2, -0.15) is 5.26 Å². The summed E-state index contributed by atoms with van der Waals surface area (Å²) in [6.07, 6.45) is 5.13. The molecule has 0 unspecified atom stereocenters. The number of benzene rings is 1. The molecule has 0 bridgehead atoms. The van der Waals surface area contributed by atoms with Crippen LogP contribution in [0.3, 0.4) is 0 Å². The lowest BCUT2D eigenvalue weighted by Gasteiger charge is -2.27. The van der Waals surface area contributed by atoms with Gasteiger partial charge in [0.25, 0.3) is 5.91 Å². The number of carbonyl (C=O) groups is 1. The number of allylic oxidation sites excluding steroid dienone is 3. The fourth-order valence-electron chi connectivity index (χ4n) is 2.57. The summed E-state index contributed by atoms with van der Waals surface area (Å²) in [4.78, 5) is 11.8. The van der Waals surface area contributed by atoms with Crippen LogP contribution < -0.4 is 15.6 Å². The van der Waals surface area contributed by atoms with Crippen molar-refractivity contribution in [1.29, 1.82) is 5.26 Å². The Kier molecular flexibility index (Phi) is 5.07. The summed E-state index contributed by atoms with van der Waals surface area (Å²) in [5.74, 6) is 0.276. The summed E-state index contributed by atoms with van der Waals surface area (Å²) >= 11 is 0. The van der Waals surface area contributed by atoms with Gasteiger partial charge in [0.15, 0.2) is 6.61 Å². The Morgan fingerprint density at radius 3 is 2.65 bits per heavy atom. The van der Waals surface area contributed by atoms with Crippen LogP contribution in [0.25, 0.3) is 0 Å². The largest absolute Gasteiger partial charge is 0.484 e. The van der Waals surface area contributed by atoms with Crippen LogP contribution >= 0.6 is 0 Å². The molecule has 5 heteroatoms. The zero-order valence-corrected chi connectivity index (χ0v) is 13.6. The second-order valence-corrected chi connectivity index (χ2v) is 6.35. The molecule has 1 aromatic rings. The van der Waals surface area contributed by atoms with Crippen LogP contribution in [-0.2, 0) is 4.79 Å². The number of nitrogens with zero attached hydrogens (tertiary/aromatic N) is 1. The maximum atomic E-state index is 11.8. The minimum atomic E-state index is -0.273. The Bertz CT molecular complexity index is 679. The number of rotatable bonds is 5. The van der Waals surface area contributed by atoms with E-state index in [0.717, 1.165) is 12.1 Å². The molecule has 0 radical (unpaired) electrons. The molecule has 0 aromatic heterocycles. The predicted octanol–water partition coefficient (Wildman–Crippen LogP) is 2.82. The number of nitriles is 1. The number of amides is 1. The van der Waals surface area contributed by atoms with Gasteiger partial charge in [-0.15, -0.1) is 0 Å². The maximum absolute atomic E-state index is 11.8. The zero-order chi connectivity index (χ0) is 16.9. The normalized spacial score (nSPS) is 15.7. The summed E-state index contributed by atoms with van der Waals surface area (Å²) in [5, 5.41) is 8.72. The molecule has 1 aliphatic rings. The Balaban J connectivity index is 1.81. The van der Waals surface area contributed by atoms with Crippen molar-refractivity contribution in [1.82, 2.24) is 10.9 Å². The zero-order valence-electron chi connectivity index (χ0n) is 13.6. The molecule has 0 saturated carbocycles. The second-order valence-electron chi connectivity index (χ2n) is 6.35. The molecule has 1 aromatic carbocycles. The standard InChI is InChI=1S/C18H21N3O2/c1-13-8-15(10-18(2,3)9-13)20-21-17(22)12-23-16-6-4-14(11-19)5-7-16/h4-8,10,20H,9,12H2,1-3H3,(H,21,22). The lowest BCUT2D eigenvalue weighted by atomic mass is 9.82. The molecule has 0 saturated heterocycles. The summed E-state index contributed by atoms with van der Waals surface area (Å²) in [5.41, 5.74) is 8.32. The van der Waals surface area contributed by atoms with Crippen LogP contribution in [-0.4, -0.2) is 12.5 Å². The highest BCUT2D eigenvalue weighted by molar-refractivity contribution is 5.77. The van der Waals surface area contributed by atoms with Crippen LogP contribution in [0.1, 0.15) is 32.8 Å². The van der Waals surface area contributed by atoms with Crippen LogP contribution in [0.4, 0.5) is 0 Å². The van der Waals surface area contributed by atoms with Crippen LogP contribution in [0.2, 0.25) is 0 Å². The molecule has 0 aliphatic heterocycles. The maximum Gasteiger partial charge on any atom is 0.276 e. The highest BCUT2D eigenvalue weighted by Gasteiger charge is 2.20. The molecule has 120 valence electrons. The molecular formula is C18H21N3O2. The van der Waals surface area contributed by atoms with Gasteiger partial charge >= 0.3 is 0 Å². The van der Waals surface area contributed by atoms with Gasteiger partial charge in [-0.05, 0) is 49.1 Å². The first-order valence-corrected chi connectivity index (χ1v) is 7.46. The van der Waals surface area contributed by atoms with Crippen molar-refractivity contribution in [3.63, 3.8) is 0 Å². The van der Waals surface area contributed by atoms with Crippen LogP contribution in [0.15, 0.2) is 47.7 Å². The van der Waals surface area contributed by atoms with E-state index in [-0.39, 0.29) is 17.9 Å². The Morgan fingerprint density at radius 2 is 2.04 bits per heavy atom. The molecular weight excluding hydrogens is 290 g/mol. The summed E-state index contributed by atoms with van der Waals surface area (Å²) in [6, 6.07) is 8.65. The monoisotopic (exact) mass is 311 g/mol. The highest BCUT2D eigenvalue weighted by Crippen LogP contribution is 2.31. The molecule has 23 heavy (non-hydrogen) atoms. The first-order chi connectivity index (χ1) is 10.9. The third kappa shape index (κ3) is 5.19. The van der Waals surface area contributed by atoms with Crippen molar-refractivity contribution >= 4 is 5.91 Å². The smallest absolute Gasteiger partial charge is 0.276 e. The predicted molar refractivity (Wildman–Crippen MR) is 88.2 cm³/mol. The summed E-state index contributed by atoms with van der Waals surface area (Å²) in [7, 11) is 0. The minimum absolute atomic E-state index is 0.0743. The molecule has 2 N–H and O–H groups in total. The molecule has 5 nitrogen and oxygen atoms in total. The van der Waals surface area contributed by atoms with Crippen molar-refractivity contribution < 1.29 is 9.53 Å². The number of hydrogen-bond acceptors (Lipinski definition) is 4. The second kappa shape index (κ2) is 7.01. The number of ether oxygens (including phenoxy) is 1. The van der Waals surface area contributed by atoms with Gasteiger partial charge < -0.3 is 4.74 Å². The van der Waals surface area contributed by atoms with Gasteiger partial charge in [-0.25, -0.2) is 0 Å². The molecule has 1 aliphatic carbocycles. The van der Waals surface area contributed by atoms with Crippen molar-refractivity contribution in [2.75, 3.05) is 6.61 Å².